The lowest BCUT2D eigenvalue weighted by Gasteiger charge is -2.06. The Labute approximate surface area is 132 Å². The van der Waals surface area contributed by atoms with Gasteiger partial charge in [-0.1, -0.05) is 0 Å². The number of carbonyl (C=O) groups excluding carboxylic acids is 1. The van der Waals surface area contributed by atoms with Crippen molar-refractivity contribution in [3.63, 3.8) is 0 Å². The number of pyridine rings is 1. The van der Waals surface area contributed by atoms with Crippen LogP contribution in [0.15, 0.2) is 18.3 Å². The van der Waals surface area contributed by atoms with Gasteiger partial charge in [-0.15, -0.1) is 12.4 Å². The Morgan fingerprint density at radius 2 is 2.09 bits per heavy atom. The molecule has 0 radical (unpaired) electrons. The van der Waals surface area contributed by atoms with Gasteiger partial charge in [0.25, 0.3) is 0 Å². The standard InChI is InChI=1S/C13H15F2N5O.ClH/c1-7-10(8(2)20(19-7)13(14)15)5-12(21)18-9-3-4-11(16)17-6-9;/h3-4,6,13H,5H2,1-2H3,(H2,16,17)(H,18,21);1H. The Morgan fingerprint density at radius 1 is 1.41 bits per heavy atom. The Bertz CT molecular complexity index is 657. The quantitative estimate of drug-likeness (QED) is 0.901. The number of nitrogen functional groups attached to an aromatic ring is 1. The summed E-state index contributed by atoms with van der Waals surface area (Å²) in [5.41, 5.74) is 7.13. The first-order chi connectivity index (χ1) is 9.88. The average molecular weight is 332 g/mol. The van der Waals surface area contributed by atoms with Gasteiger partial charge in [-0.05, 0) is 26.0 Å². The third-order valence-electron chi connectivity index (χ3n) is 3.07. The molecule has 2 heterocycles. The molecule has 0 unspecified atom stereocenters. The van der Waals surface area contributed by atoms with E-state index < -0.39 is 6.55 Å². The molecule has 120 valence electrons. The van der Waals surface area contributed by atoms with Crippen LogP contribution < -0.4 is 11.1 Å². The van der Waals surface area contributed by atoms with Crippen LogP contribution in [0.25, 0.3) is 0 Å². The van der Waals surface area contributed by atoms with E-state index in [1.807, 2.05) is 0 Å². The van der Waals surface area contributed by atoms with Crippen molar-refractivity contribution >= 4 is 29.8 Å². The molecule has 0 fully saturated rings. The molecule has 0 aliphatic carbocycles. The highest BCUT2D eigenvalue weighted by Crippen LogP contribution is 2.20. The van der Waals surface area contributed by atoms with Gasteiger partial charge in [0.2, 0.25) is 5.91 Å². The number of hydrogen-bond acceptors (Lipinski definition) is 4. The molecule has 1 amide bonds. The van der Waals surface area contributed by atoms with Crippen molar-refractivity contribution in [3.05, 3.63) is 35.3 Å². The van der Waals surface area contributed by atoms with Crippen molar-refractivity contribution in [2.45, 2.75) is 26.8 Å². The molecule has 2 aromatic rings. The van der Waals surface area contributed by atoms with Gasteiger partial charge in [0, 0.05) is 11.3 Å². The number of carbonyl (C=O) groups is 1. The first-order valence-electron chi connectivity index (χ1n) is 6.22. The summed E-state index contributed by atoms with van der Waals surface area (Å²) in [7, 11) is 0. The molecule has 2 rings (SSSR count). The minimum atomic E-state index is -2.72. The Morgan fingerprint density at radius 3 is 2.59 bits per heavy atom. The topological polar surface area (TPSA) is 85.8 Å². The number of rotatable bonds is 4. The summed E-state index contributed by atoms with van der Waals surface area (Å²) in [6.45, 7) is 0.389. The summed E-state index contributed by atoms with van der Waals surface area (Å²) in [5, 5.41) is 6.37. The predicted octanol–water partition coefficient (Wildman–Crippen LogP) is 2.48. The van der Waals surface area contributed by atoms with E-state index in [0.717, 1.165) is 0 Å². The molecule has 0 aliphatic rings. The van der Waals surface area contributed by atoms with Crippen molar-refractivity contribution in [2.75, 3.05) is 11.1 Å². The number of nitrogens with zero attached hydrogens (tertiary/aromatic N) is 3. The van der Waals surface area contributed by atoms with Crippen LogP contribution in [0.5, 0.6) is 0 Å². The number of hydrogen-bond donors (Lipinski definition) is 2. The molecule has 9 heteroatoms. The lowest BCUT2D eigenvalue weighted by Crippen LogP contribution is -2.15. The zero-order valence-electron chi connectivity index (χ0n) is 12.0. The largest absolute Gasteiger partial charge is 0.384 e. The van der Waals surface area contributed by atoms with Gasteiger partial charge < -0.3 is 11.1 Å². The normalized spacial score (nSPS) is 10.4. The van der Waals surface area contributed by atoms with Crippen LogP contribution in [0, 0.1) is 13.8 Å². The van der Waals surface area contributed by atoms with Crippen molar-refractivity contribution in [3.8, 4) is 0 Å². The van der Waals surface area contributed by atoms with Crippen LogP contribution in [-0.4, -0.2) is 20.7 Å². The molecule has 6 nitrogen and oxygen atoms in total. The molecule has 0 spiro atoms. The van der Waals surface area contributed by atoms with Crippen molar-refractivity contribution in [1.29, 1.82) is 0 Å². The second-order valence-electron chi connectivity index (χ2n) is 4.57. The van der Waals surface area contributed by atoms with Crippen LogP contribution in [0.4, 0.5) is 20.3 Å². The van der Waals surface area contributed by atoms with E-state index in [-0.39, 0.29) is 30.4 Å². The highest BCUT2D eigenvalue weighted by atomic mass is 35.5. The second-order valence-corrected chi connectivity index (χ2v) is 4.57. The highest BCUT2D eigenvalue weighted by molar-refractivity contribution is 5.92. The SMILES string of the molecule is Cc1nn(C(F)F)c(C)c1CC(=O)Nc1ccc(N)nc1.Cl. The number of nitrogens with two attached hydrogens (primary N) is 1. The summed E-state index contributed by atoms with van der Waals surface area (Å²) in [6, 6.07) is 3.17. The minimum Gasteiger partial charge on any atom is -0.384 e. The Kier molecular flexibility index (Phi) is 5.81. The number of anilines is 2. The molecule has 2 aromatic heterocycles. The maximum Gasteiger partial charge on any atom is 0.333 e. The lowest BCUT2D eigenvalue weighted by atomic mass is 10.1. The van der Waals surface area contributed by atoms with Gasteiger partial charge in [-0.25, -0.2) is 9.67 Å². The monoisotopic (exact) mass is 331 g/mol. The summed E-state index contributed by atoms with van der Waals surface area (Å²) < 4.78 is 26.1. The fraction of sp³-hybridized carbons (Fsp3) is 0.308. The van der Waals surface area contributed by atoms with Crippen molar-refractivity contribution < 1.29 is 13.6 Å². The molecule has 22 heavy (non-hydrogen) atoms. The van der Waals surface area contributed by atoms with Gasteiger partial charge in [0.1, 0.15) is 5.82 Å². The molecular weight excluding hydrogens is 316 g/mol. The van der Waals surface area contributed by atoms with Gasteiger partial charge >= 0.3 is 6.55 Å². The lowest BCUT2D eigenvalue weighted by molar-refractivity contribution is -0.115. The van der Waals surface area contributed by atoms with E-state index in [1.54, 1.807) is 19.1 Å². The van der Waals surface area contributed by atoms with Gasteiger partial charge in [0.15, 0.2) is 0 Å². The number of aromatic nitrogens is 3. The summed E-state index contributed by atoms with van der Waals surface area (Å²) in [6.07, 6.45) is 1.39. The molecule has 0 bridgehead atoms. The first kappa shape index (κ1) is 17.8. The number of alkyl halides is 2. The predicted molar refractivity (Wildman–Crippen MR) is 81.2 cm³/mol. The third-order valence-corrected chi connectivity index (χ3v) is 3.07. The number of nitrogens with one attached hydrogen (secondary N) is 1. The maximum atomic E-state index is 12.7. The second kappa shape index (κ2) is 7.17. The van der Waals surface area contributed by atoms with Crippen LogP contribution in [0.2, 0.25) is 0 Å². The fourth-order valence-electron chi connectivity index (χ4n) is 1.99. The minimum absolute atomic E-state index is 0. The van der Waals surface area contributed by atoms with E-state index in [4.69, 9.17) is 5.73 Å². The molecule has 0 aliphatic heterocycles. The van der Waals surface area contributed by atoms with Crippen LogP contribution in [0.3, 0.4) is 0 Å². The van der Waals surface area contributed by atoms with Crippen molar-refractivity contribution in [1.82, 2.24) is 14.8 Å². The molecule has 0 aromatic carbocycles. The van der Waals surface area contributed by atoms with E-state index in [9.17, 15) is 13.6 Å². The molecule has 3 N–H and O–H groups in total. The molecular formula is C13H16ClF2N5O. The van der Waals surface area contributed by atoms with Gasteiger partial charge in [-0.3, -0.25) is 4.79 Å². The molecule has 0 saturated heterocycles. The van der Waals surface area contributed by atoms with E-state index in [1.165, 1.54) is 13.1 Å². The van der Waals surface area contributed by atoms with E-state index in [0.29, 0.717) is 27.4 Å². The molecule has 0 atom stereocenters. The average Bonchev–Trinajstić information content (AvgIpc) is 2.69. The van der Waals surface area contributed by atoms with E-state index >= 15 is 0 Å². The number of halogens is 3. The van der Waals surface area contributed by atoms with E-state index in [2.05, 4.69) is 15.4 Å². The third kappa shape index (κ3) is 3.91. The van der Waals surface area contributed by atoms with Crippen molar-refractivity contribution in [2.24, 2.45) is 0 Å². The Balaban J connectivity index is 0.00000242. The number of aryl methyl sites for hydroxylation is 1. The van der Waals surface area contributed by atoms with Gasteiger partial charge in [-0.2, -0.15) is 13.9 Å². The first-order valence-corrected chi connectivity index (χ1v) is 6.22. The zero-order valence-corrected chi connectivity index (χ0v) is 12.8. The Hall–Kier alpha value is -2.22. The maximum absolute atomic E-state index is 12.7. The summed E-state index contributed by atoms with van der Waals surface area (Å²) >= 11 is 0. The number of amides is 1. The fourth-order valence-corrected chi connectivity index (χ4v) is 1.99. The highest BCUT2D eigenvalue weighted by Gasteiger charge is 2.19. The van der Waals surface area contributed by atoms with Crippen LogP contribution in [-0.2, 0) is 11.2 Å². The van der Waals surface area contributed by atoms with Crippen LogP contribution in [0.1, 0.15) is 23.5 Å². The molecule has 0 saturated carbocycles. The summed E-state index contributed by atoms with van der Waals surface area (Å²) in [4.78, 5) is 15.8. The smallest absolute Gasteiger partial charge is 0.333 e. The van der Waals surface area contributed by atoms with Gasteiger partial charge in [0.05, 0.1) is 24.0 Å². The summed E-state index contributed by atoms with van der Waals surface area (Å²) in [5.74, 6) is 0.0134. The zero-order chi connectivity index (χ0) is 15.6. The van der Waals surface area contributed by atoms with Crippen LogP contribution >= 0.6 is 12.4 Å².